The monoisotopic (exact) mass is 394 g/mol. The number of rotatable bonds is 11. The topological polar surface area (TPSA) is 43.4 Å². The summed E-state index contributed by atoms with van der Waals surface area (Å²) in [6.07, 6.45) is 8.08. The smallest absolute Gasteiger partial charge is 0.179 e. The van der Waals surface area contributed by atoms with E-state index in [1.54, 1.807) is 18.2 Å². The Balaban J connectivity index is 1.86. The van der Waals surface area contributed by atoms with Crippen molar-refractivity contribution in [1.82, 2.24) is 0 Å². The van der Waals surface area contributed by atoms with Crippen LogP contribution in [-0.2, 0) is 9.84 Å². The van der Waals surface area contributed by atoms with E-state index in [1.807, 2.05) is 6.07 Å². The van der Waals surface area contributed by atoms with E-state index in [9.17, 15) is 8.42 Å². The van der Waals surface area contributed by atoms with E-state index >= 15 is 0 Å². The van der Waals surface area contributed by atoms with Gasteiger partial charge in [-0.1, -0.05) is 59.9 Å². The standard InChI is InChI=1S/C23H38O3S/c1-22(2,3)14-7-6-8-15-23(4,5)18-27(24,25)21-11-9-10-20(16-21)26-17-19-12-13-19/h9-11,16,19H,6-8,12-15,17-18H2,1-5H3. The summed E-state index contributed by atoms with van der Waals surface area (Å²) in [5.41, 5.74) is 0.164. The zero-order chi connectivity index (χ0) is 20.1. The van der Waals surface area contributed by atoms with Gasteiger partial charge in [-0.3, -0.25) is 0 Å². The molecule has 1 aromatic carbocycles. The van der Waals surface area contributed by atoms with Crippen LogP contribution in [0.3, 0.4) is 0 Å². The Morgan fingerprint density at radius 3 is 2.30 bits per heavy atom. The molecule has 0 N–H and O–H groups in total. The second-order valence-corrected chi connectivity index (χ2v) is 12.3. The molecule has 1 aliphatic carbocycles. The summed E-state index contributed by atoms with van der Waals surface area (Å²) < 4.78 is 31.6. The first-order chi connectivity index (χ1) is 12.5. The molecule has 27 heavy (non-hydrogen) atoms. The van der Waals surface area contributed by atoms with E-state index in [0.717, 1.165) is 12.8 Å². The van der Waals surface area contributed by atoms with Crippen LogP contribution in [0.5, 0.6) is 5.75 Å². The van der Waals surface area contributed by atoms with Crippen molar-refractivity contribution in [2.24, 2.45) is 16.7 Å². The first kappa shape index (κ1) is 22.3. The summed E-state index contributed by atoms with van der Waals surface area (Å²) in [4.78, 5) is 0.386. The highest BCUT2D eigenvalue weighted by atomic mass is 32.2. The van der Waals surface area contributed by atoms with Gasteiger partial charge in [-0.25, -0.2) is 8.42 Å². The molecule has 2 rings (SSSR count). The van der Waals surface area contributed by atoms with E-state index in [2.05, 4.69) is 34.6 Å². The Hall–Kier alpha value is -1.03. The minimum Gasteiger partial charge on any atom is -0.493 e. The molecule has 1 aromatic rings. The molecule has 1 aliphatic rings. The molecule has 0 aliphatic heterocycles. The van der Waals surface area contributed by atoms with Gasteiger partial charge in [0, 0.05) is 0 Å². The Kier molecular flexibility index (Phi) is 7.40. The fourth-order valence-corrected chi connectivity index (χ4v) is 5.28. The zero-order valence-corrected chi connectivity index (χ0v) is 18.7. The van der Waals surface area contributed by atoms with Crippen LogP contribution >= 0.6 is 0 Å². The summed E-state index contributed by atoms with van der Waals surface area (Å²) in [5, 5.41) is 0. The van der Waals surface area contributed by atoms with Gasteiger partial charge in [-0.2, -0.15) is 0 Å². The van der Waals surface area contributed by atoms with Gasteiger partial charge in [-0.15, -0.1) is 0 Å². The lowest BCUT2D eigenvalue weighted by Crippen LogP contribution is -2.24. The lowest BCUT2D eigenvalue weighted by molar-refractivity contribution is 0.299. The van der Waals surface area contributed by atoms with Crippen LogP contribution in [-0.4, -0.2) is 20.8 Å². The molecular formula is C23H38O3S. The molecule has 154 valence electrons. The van der Waals surface area contributed by atoms with Crippen LogP contribution in [0.1, 0.15) is 79.6 Å². The number of hydrogen-bond donors (Lipinski definition) is 0. The SMILES string of the molecule is CC(C)(C)CCCCCC(C)(C)CS(=O)(=O)c1cccc(OCC2CC2)c1. The van der Waals surface area contributed by atoms with Gasteiger partial charge in [0.15, 0.2) is 9.84 Å². The number of benzene rings is 1. The summed E-state index contributed by atoms with van der Waals surface area (Å²) >= 11 is 0. The maximum atomic E-state index is 12.9. The predicted octanol–water partition coefficient (Wildman–Crippen LogP) is 6.27. The maximum absolute atomic E-state index is 12.9. The summed E-state index contributed by atoms with van der Waals surface area (Å²) in [6.45, 7) is 11.6. The number of ether oxygens (including phenoxy) is 1. The second kappa shape index (κ2) is 8.98. The van der Waals surface area contributed by atoms with E-state index in [-0.39, 0.29) is 11.2 Å². The molecule has 0 saturated heterocycles. The van der Waals surface area contributed by atoms with Crippen LogP contribution in [0.4, 0.5) is 0 Å². The zero-order valence-electron chi connectivity index (χ0n) is 17.9. The average Bonchev–Trinajstić information content (AvgIpc) is 3.35. The summed E-state index contributed by atoms with van der Waals surface area (Å²) in [5.74, 6) is 1.51. The fourth-order valence-electron chi connectivity index (χ4n) is 3.36. The van der Waals surface area contributed by atoms with Crippen LogP contribution in [0.25, 0.3) is 0 Å². The van der Waals surface area contributed by atoms with Crippen molar-refractivity contribution in [1.29, 1.82) is 0 Å². The molecule has 4 heteroatoms. The van der Waals surface area contributed by atoms with Crippen LogP contribution in [0.15, 0.2) is 29.2 Å². The molecule has 0 heterocycles. The van der Waals surface area contributed by atoms with Gasteiger partial charge in [-0.05, 0) is 60.6 Å². The van der Waals surface area contributed by atoms with Crippen LogP contribution in [0.2, 0.25) is 0 Å². The minimum atomic E-state index is -3.31. The average molecular weight is 395 g/mol. The largest absolute Gasteiger partial charge is 0.493 e. The number of unbranched alkanes of at least 4 members (excludes halogenated alkanes) is 2. The van der Waals surface area contributed by atoms with Crippen molar-refractivity contribution in [3.63, 3.8) is 0 Å². The van der Waals surface area contributed by atoms with Crippen molar-refractivity contribution in [2.75, 3.05) is 12.4 Å². The van der Waals surface area contributed by atoms with Gasteiger partial charge in [0.2, 0.25) is 0 Å². The van der Waals surface area contributed by atoms with E-state index < -0.39 is 9.84 Å². The number of hydrogen-bond acceptors (Lipinski definition) is 3. The second-order valence-electron chi connectivity index (χ2n) is 10.3. The highest BCUT2D eigenvalue weighted by molar-refractivity contribution is 7.91. The Morgan fingerprint density at radius 1 is 1.00 bits per heavy atom. The lowest BCUT2D eigenvalue weighted by Gasteiger charge is -2.25. The summed E-state index contributed by atoms with van der Waals surface area (Å²) in [6, 6.07) is 7.02. The van der Waals surface area contributed by atoms with Crippen molar-refractivity contribution < 1.29 is 13.2 Å². The maximum Gasteiger partial charge on any atom is 0.179 e. The van der Waals surface area contributed by atoms with E-state index in [4.69, 9.17) is 4.74 Å². The molecule has 0 aromatic heterocycles. The van der Waals surface area contributed by atoms with Crippen molar-refractivity contribution >= 4 is 9.84 Å². The molecule has 1 saturated carbocycles. The van der Waals surface area contributed by atoms with Gasteiger partial charge in [0.05, 0.1) is 17.3 Å². The highest BCUT2D eigenvalue weighted by Crippen LogP contribution is 2.32. The molecule has 0 atom stereocenters. The van der Waals surface area contributed by atoms with Gasteiger partial charge < -0.3 is 4.74 Å². The number of sulfone groups is 1. The quantitative estimate of drug-likeness (QED) is 0.415. The third kappa shape index (κ3) is 8.68. The van der Waals surface area contributed by atoms with Crippen LogP contribution < -0.4 is 4.74 Å². The van der Waals surface area contributed by atoms with Crippen LogP contribution in [0, 0.1) is 16.7 Å². The molecular weight excluding hydrogens is 356 g/mol. The molecule has 1 fully saturated rings. The first-order valence-electron chi connectivity index (χ1n) is 10.4. The lowest BCUT2D eigenvalue weighted by atomic mass is 9.86. The van der Waals surface area contributed by atoms with Gasteiger partial charge >= 0.3 is 0 Å². The highest BCUT2D eigenvalue weighted by Gasteiger charge is 2.28. The normalized spacial score (nSPS) is 15.7. The molecule has 0 amide bonds. The fraction of sp³-hybridized carbons (Fsp3) is 0.739. The molecule has 0 spiro atoms. The first-order valence-corrected chi connectivity index (χ1v) is 12.1. The van der Waals surface area contributed by atoms with Crippen molar-refractivity contribution in [3.05, 3.63) is 24.3 Å². The van der Waals surface area contributed by atoms with Gasteiger partial charge in [0.1, 0.15) is 5.75 Å². The molecule has 0 radical (unpaired) electrons. The van der Waals surface area contributed by atoms with E-state index in [1.165, 1.54) is 32.1 Å². The third-order valence-electron chi connectivity index (χ3n) is 5.21. The Labute approximate surface area is 166 Å². The Bertz CT molecular complexity index is 695. The van der Waals surface area contributed by atoms with Crippen molar-refractivity contribution in [3.8, 4) is 5.75 Å². The molecule has 0 bridgehead atoms. The third-order valence-corrected chi connectivity index (χ3v) is 7.34. The summed E-state index contributed by atoms with van der Waals surface area (Å²) in [7, 11) is -3.31. The van der Waals surface area contributed by atoms with E-state index in [0.29, 0.717) is 28.6 Å². The molecule has 3 nitrogen and oxygen atoms in total. The Morgan fingerprint density at radius 2 is 1.67 bits per heavy atom. The predicted molar refractivity (Wildman–Crippen MR) is 113 cm³/mol. The van der Waals surface area contributed by atoms with Crippen molar-refractivity contribution in [2.45, 2.75) is 84.5 Å². The van der Waals surface area contributed by atoms with Gasteiger partial charge in [0.25, 0.3) is 0 Å². The minimum absolute atomic E-state index is 0.186. The molecule has 0 unspecified atom stereocenters.